The number of carbonyl (C=O) groups excluding carboxylic acids is 1. The molecule has 0 aliphatic heterocycles. The number of thiazole rings is 1. The van der Waals surface area contributed by atoms with E-state index in [1.807, 2.05) is 67.6 Å². The van der Waals surface area contributed by atoms with Crippen molar-refractivity contribution in [1.82, 2.24) is 9.97 Å². The predicted molar refractivity (Wildman–Crippen MR) is 112 cm³/mol. The van der Waals surface area contributed by atoms with Crippen molar-refractivity contribution >= 4 is 32.6 Å². The molecule has 0 bridgehead atoms. The van der Waals surface area contributed by atoms with Crippen LogP contribution in [0.25, 0.3) is 10.2 Å². The molecule has 4 rings (SSSR count). The summed E-state index contributed by atoms with van der Waals surface area (Å²) in [6, 6.07) is 18.9. The minimum atomic E-state index is -0.0819. The largest absolute Gasteiger partial charge is 0.494 e. The fourth-order valence-corrected chi connectivity index (χ4v) is 3.89. The smallest absolute Gasteiger partial charge is 0.260 e. The minimum absolute atomic E-state index is 0.0819. The van der Waals surface area contributed by atoms with Crippen LogP contribution in [0.15, 0.2) is 73.1 Å². The lowest BCUT2D eigenvalue weighted by Gasteiger charge is -2.20. The van der Waals surface area contributed by atoms with Crippen LogP contribution in [0.1, 0.15) is 22.8 Å². The molecule has 28 heavy (non-hydrogen) atoms. The second kappa shape index (κ2) is 8.19. The summed E-state index contributed by atoms with van der Waals surface area (Å²) in [6.07, 6.45) is 3.46. The van der Waals surface area contributed by atoms with Crippen molar-refractivity contribution in [3.8, 4) is 5.75 Å². The van der Waals surface area contributed by atoms with Crippen LogP contribution in [0.5, 0.6) is 5.75 Å². The first-order valence-corrected chi connectivity index (χ1v) is 9.85. The number of hydrogen-bond donors (Lipinski definition) is 0. The number of benzene rings is 2. The van der Waals surface area contributed by atoms with Crippen molar-refractivity contribution in [2.75, 3.05) is 11.5 Å². The maximum atomic E-state index is 13.2. The van der Waals surface area contributed by atoms with Gasteiger partial charge in [-0.1, -0.05) is 29.5 Å². The molecule has 2 heterocycles. The van der Waals surface area contributed by atoms with Gasteiger partial charge in [0.2, 0.25) is 0 Å². The molecule has 4 aromatic rings. The fraction of sp³-hybridized carbons (Fsp3) is 0.136. The van der Waals surface area contributed by atoms with Gasteiger partial charge in [0, 0.05) is 18.0 Å². The highest BCUT2D eigenvalue weighted by molar-refractivity contribution is 7.22. The fourth-order valence-electron chi connectivity index (χ4n) is 2.90. The average molecular weight is 389 g/mol. The van der Waals surface area contributed by atoms with E-state index in [0.717, 1.165) is 21.5 Å². The monoisotopic (exact) mass is 389 g/mol. The SMILES string of the molecule is CCOc1ccc2nc(N(Cc3ccncc3)C(=O)c3ccccc3)sc2c1. The number of carbonyl (C=O) groups is 1. The van der Waals surface area contributed by atoms with E-state index >= 15 is 0 Å². The molecule has 2 aromatic heterocycles. The number of hydrogen-bond acceptors (Lipinski definition) is 5. The third-order valence-electron chi connectivity index (χ3n) is 4.25. The Kier molecular flexibility index (Phi) is 5.30. The molecule has 0 aliphatic rings. The summed E-state index contributed by atoms with van der Waals surface area (Å²) >= 11 is 1.49. The highest BCUT2D eigenvalue weighted by atomic mass is 32.1. The van der Waals surface area contributed by atoms with Crippen molar-refractivity contribution in [2.45, 2.75) is 13.5 Å². The van der Waals surface area contributed by atoms with E-state index in [2.05, 4.69) is 4.98 Å². The van der Waals surface area contributed by atoms with Gasteiger partial charge in [-0.25, -0.2) is 4.98 Å². The summed E-state index contributed by atoms with van der Waals surface area (Å²) in [6.45, 7) is 2.99. The zero-order valence-corrected chi connectivity index (χ0v) is 16.2. The van der Waals surface area contributed by atoms with Crippen LogP contribution in [-0.2, 0) is 6.54 Å². The number of amides is 1. The van der Waals surface area contributed by atoms with Gasteiger partial charge < -0.3 is 4.74 Å². The Morgan fingerprint density at radius 1 is 1.07 bits per heavy atom. The second-order valence-electron chi connectivity index (χ2n) is 6.17. The van der Waals surface area contributed by atoms with Gasteiger partial charge in [-0.2, -0.15) is 0 Å². The van der Waals surface area contributed by atoms with Crippen LogP contribution in [0, 0.1) is 0 Å². The van der Waals surface area contributed by atoms with Crippen LogP contribution in [0.4, 0.5) is 5.13 Å². The molecule has 0 radical (unpaired) electrons. The molecular formula is C22H19N3O2S. The van der Waals surface area contributed by atoms with Crippen molar-refractivity contribution in [3.05, 3.63) is 84.2 Å². The van der Waals surface area contributed by atoms with Gasteiger partial charge in [0.15, 0.2) is 5.13 Å². The first-order valence-electron chi connectivity index (χ1n) is 9.04. The summed E-state index contributed by atoms with van der Waals surface area (Å²) < 4.78 is 6.58. The summed E-state index contributed by atoms with van der Waals surface area (Å²) in [4.78, 5) is 23.7. The zero-order valence-electron chi connectivity index (χ0n) is 15.4. The van der Waals surface area contributed by atoms with E-state index in [1.54, 1.807) is 17.3 Å². The van der Waals surface area contributed by atoms with E-state index in [4.69, 9.17) is 9.72 Å². The maximum absolute atomic E-state index is 13.2. The van der Waals surface area contributed by atoms with Crippen LogP contribution >= 0.6 is 11.3 Å². The molecular weight excluding hydrogens is 370 g/mol. The van der Waals surface area contributed by atoms with Crippen LogP contribution in [0.3, 0.4) is 0 Å². The van der Waals surface area contributed by atoms with Crippen molar-refractivity contribution < 1.29 is 9.53 Å². The molecule has 1 amide bonds. The molecule has 6 heteroatoms. The Hall–Kier alpha value is -3.25. The standard InChI is InChI=1S/C22H19N3O2S/c1-2-27-18-8-9-19-20(14-18)28-22(24-19)25(15-16-10-12-23-13-11-16)21(26)17-6-4-3-5-7-17/h3-14H,2,15H2,1H3. The third-order valence-corrected chi connectivity index (χ3v) is 5.29. The lowest BCUT2D eigenvalue weighted by molar-refractivity contribution is 0.0985. The van der Waals surface area contributed by atoms with E-state index in [1.165, 1.54) is 11.3 Å². The van der Waals surface area contributed by atoms with Crippen molar-refractivity contribution in [1.29, 1.82) is 0 Å². The van der Waals surface area contributed by atoms with Gasteiger partial charge in [-0.05, 0) is 55.0 Å². The number of rotatable bonds is 6. The normalized spacial score (nSPS) is 10.8. The Labute approximate surface area is 167 Å². The average Bonchev–Trinajstić information content (AvgIpc) is 3.16. The Morgan fingerprint density at radius 3 is 2.61 bits per heavy atom. The van der Waals surface area contributed by atoms with E-state index in [0.29, 0.717) is 23.8 Å². The molecule has 0 atom stereocenters. The van der Waals surface area contributed by atoms with Gasteiger partial charge in [-0.15, -0.1) is 0 Å². The highest BCUT2D eigenvalue weighted by Gasteiger charge is 2.21. The lowest BCUT2D eigenvalue weighted by atomic mass is 10.2. The summed E-state index contributed by atoms with van der Waals surface area (Å²) in [7, 11) is 0. The number of anilines is 1. The predicted octanol–water partition coefficient (Wildman–Crippen LogP) is 4.94. The van der Waals surface area contributed by atoms with Crippen LogP contribution < -0.4 is 9.64 Å². The van der Waals surface area contributed by atoms with Gasteiger partial charge in [-0.3, -0.25) is 14.7 Å². The first kappa shape index (κ1) is 18.1. The highest BCUT2D eigenvalue weighted by Crippen LogP contribution is 2.33. The van der Waals surface area contributed by atoms with Crippen molar-refractivity contribution in [2.24, 2.45) is 0 Å². The molecule has 0 unspecified atom stereocenters. The number of ether oxygens (including phenoxy) is 1. The molecule has 140 valence electrons. The van der Waals surface area contributed by atoms with Gasteiger partial charge in [0.25, 0.3) is 5.91 Å². The summed E-state index contributed by atoms with van der Waals surface area (Å²) in [5, 5.41) is 0.661. The number of pyridine rings is 1. The molecule has 0 saturated carbocycles. The van der Waals surface area contributed by atoms with E-state index < -0.39 is 0 Å². The van der Waals surface area contributed by atoms with Gasteiger partial charge in [0.05, 0.1) is 23.4 Å². The second-order valence-corrected chi connectivity index (χ2v) is 7.18. The molecule has 5 nitrogen and oxygen atoms in total. The summed E-state index contributed by atoms with van der Waals surface area (Å²) in [5.41, 5.74) is 2.48. The molecule has 0 spiro atoms. The number of fused-ring (bicyclic) bond motifs is 1. The first-order chi connectivity index (χ1) is 13.7. The Balaban J connectivity index is 1.74. The maximum Gasteiger partial charge on any atom is 0.260 e. The van der Waals surface area contributed by atoms with Gasteiger partial charge >= 0.3 is 0 Å². The van der Waals surface area contributed by atoms with Crippen LogP contribution in [0.2, 0.25) is 0 Å². The summed E-state index contributed by atoms with van der Waals surface area (Å²) in [5.74, 6) is 0.724. The van der Waals surface area contributed by atoms with E-state index in [9.17, 15) is 4.79 Å². The Morgan fingerprint density at radius 2 is 1.86 bits per heavy atom. The van der Waals surface area contributed by atoms with Gasteiger partial charge in [0.1, 0.15) is 5.75 Å². The molecule has 2 aromatic carbocycles. The quantitative estimate of drug-likeness (QED) is 0.469. The van der Waals surface area contributed by atoms with Crippen LogP contribution in [-0.4, -0.2) is 22.5 Å². The van der Waals surface area contributed by atoms with Crippen molar-refractivity contribution in [3.63, 3.8) is 0 Å². The number of nitrogens with zero attached hydrogens (tertiary/aromatic N) is 3. The zero-order chi connectivity index (χ0) is 19.3. The Bertz CT molecular complexity index is 1080. The minimum Gasteiger partial charge on any atom is -0.494 e. The lowest BCUT2D eigenvalue weighted by Crippen LogP contribution is -2.30. The number of aromatic nitrogens is 2. The van der Waals surface area contributed by atoms with E-state index in [-0.39, 0.29) is 5.91 Å². The topological polar surface area (TPSA) is 55.3 Å². The molecule has 0 fully saturated rings. The molecule has 0 saturated heterocycles. The third kappa shape index (κ3) is 3.87. The molecule has 0 N–H and O–H groups in total. The molecule has 0 aliphatic carbocycles.